The number of carbonyl (C=O) groups excluding carboxylic acids is 2. The van der Waals surface area contributed by atoms with Crippen LogP contribution in [0, 0.1) is 0 Å². The molecule has 2 rings (SSSR count). The lowest BCUT2D eigenvalue weighted by molar-refractivity contribution is 0.0967. The van der Waals surface area contributed by atoms with E-state index >= 15 is 0 Å². The number of Topliss-reactive ketones (excluding diaryl/α,β-unsaturated/α-hetero) is 1. The van der Waals surface area contributed by atoms with Gasteiger partial charge in [-0.05, 0) is 25.8 Å². The van der Waals surface area contributed by atoms with Gasteiger partial charge in [0.2, 0.25) is 17.3 Å². The lowest BCUT2D eigenvalue weighted by atomic mass is 10.00. The van der Waals surface area contributed by atoms with Crippen LogP contribution in [0.2, 0.25) is 0 Å². The van der Waals surface area contributed by atoms with E-state index in [0.717, 1.165) is 6.42 Å². The van der Waals surface area contributed by atoms with Gasteiger partial charge in [-0.2, -0.15) is 0 Å². The maximum absolute atomic E-state index is 12.3. The number of nitrogens with one attached hydrogen (secondary N) is 1. The number of aromatic nitrogens is 1. The monoisotopic (exact) mass is 281 g/mol. The summed E-state index contributed by atoms with van der Waals surface area (Å²) < 4.78 is 4.96. The Bertz CT molecular complexity index is 536. The first kappa shape index (κ1) is 14.0. The van der Waals surface area contributed by atoms with Crippen LogP contribution in [0.25, 0.3) is 0 Å². The Morgan fingerprint density at radius 3 is 2.95 bits per heavy atom. The lowest BCUT2D eigenvalue weighted by Crippen LogP contribution is -2.17. The van der Waals surface area contributed by atoms with Crippen LogP contribution in [0.4, 0.5) is 0 Å². The molecule has 1 aromatic rings. The van der Waals surface area contributed by atoms with E-state index in [9.17, 15) is 9.59 Å². The first-order chi connectivity index (χ1) is 9.19. The number of hydrogen-bond acceptors (Lipinski definition) is 7. The van der Waals surface area contributed by atoms with Crippen LogP contribution < -0.4 is 11.1 Å². The second-order valence-electron chi connectivity index (χ2n) is 4.06. The van der Waals surface area contributed by atoms with Crippen molar-refractivity contribution in [2.45, 2.75) is 13.0 Å². The highest BCUT2D eigenvalue weighted by Gasteiger charge is 2.33. The summed E-state index contributed by atoms with van der Waals surface area (Å²) in [4.78, 5) is 24.6. The third kappa shape index (κ3) is 2.78. The predicted molar refractivity (Wildman–Crippen MR) is 72.1 cm³/mol. The van der Waals surface area contributed by atoms with E-state index in [1.807, 2.05) is 0 Å². The summed E-state index contributed by atoms with van der Waals surface area (Å²) in [7, 11) is 1.74. The lowest BCUT2D eigenvalue weighted by Gasteiger charge is -2.10. The molecule has 0 bridgehead atoms. The Balaban J connectivity index is 2.25. The summed E-state index contributed by atoms with van der Waals surface area (Å²) in [5.74, 6) is 0.254. The molecule has 3 N–H and O–H groups in total. The Kier molecular flexibility index (Phi) is 4.52. The van der Waals surface area contributed by atoms with Gasteiger partial charge < -0.3 is 15.6 Å². The third-order valence-corrected chi connectivity index (χ3v) is 3.76. The van der Waals surface area contributed by atoms with Crippen molar-refractivity contribution in [1.29, 1.82) is 0 Å². The first-order valence-corrected chi connectivity index (χ1v) is 6.94. The molecule has 1 aromatic heterocycles. The molecule has 6 nitrogen and oxygen atoms in total. The molecule has 1 heterocycles. The van der Waals surface area contributed by atoms with Gasteiger partial charge in [-0.25, -0.2) is 0 Å². The molecular weight excluding hydrogens is 266 g/mol. The quantitative estimate of drug-likeness (QED) is 0.742. The topological polar surface area (TPSA) is 98.2 Å². The third-order valence-electron chi connectivity index (χ3n) is 2.65. The molecule has 0 atom stereocenters. The summed E-state index contributed by atoms with van der Waals surface area (Å²) in [6.45, 7) is 0.949. The summed E-state index contributed by atoms with van der Waals surface area (Å²) in [6.07, 6.45) is 2.11. The molecule has 1 aliphatic rings. The fourth-order valence-electron chi connectivity index (χ4n) is 1.76. The molecule has 0 saturated carbocycles. The van der Waals surface area contributed by atoms with Crippen LogP contribution in [-0.2, 0) is 6.54 Å². The molecule has 7 heteroatoms. The van der Waals surface area contributed by atoms with Crippen LogP contribution in [0.5, 0.6) is 0 Å². The van der Waals surface area contributed by atoms with Gasteiger partial charge >= 0.3 is 0 Å². The summed E-state index contributed by atoms with van der Waals surface area (Å²) in [5, 5.41) is 6.67. The largest absolute Gasteiger partial charge is 0.352 e. The van der Waals surface area contributed by atoms with Crippen molar-refractivity contribution in [1.82, 2.24) is 10.5 Å². The minimum absolute atomic E-state index is 0.0402. The van der Waals surface area contributed by atoms with Crippen LogP contribution >= 0.6 is 11.8 Å². The number of carbonyl (C=O) groups is 2. The van der Waals surface area contributed by atoms with Gasteiger partial charge in [0.25, 0.3) is 0 Å². The number of nitrogens with zero attached hydrogens (tertiary/aromatic N) is 1. The van der Waals surface area contributed by atoms with Gasteiger partial charge in [-0.3, -0.25) is 9.59 Å². The van der Waals surface area contributed by atoms with Gasteiger partial charge in [-0.1, -0.05) is 5.16 Å². The summed E-state index contributed by atoms with van der Waals surface area (Å²) >= 11 is 1.35. The van der Waals surface area contributed by atoms with Crippen molar-refractivity contribution < 1.29 is 14.1 Å². The minimum atomic E-state index is -0.306. The normalized spacial score (nSPS) is 14.5. The van der Waals surface area contributed by atoms with Crippen LogP contribution in [0.15, 0.2) is 15.5 Å². The van der Waals surface area contributed by atoms with Crippen molar-refractivity contribution in [3.63, 3.8) is 0 Å². The Morgan fingerprint density at radius 2 is 2.26 bits per heavy atom. The van der Waals surface area contributed by atoms with Gasteiger partial charge in [0, 0.05) is 12.6 Å². The van der Waals surface area contributed by atoms with E-state index in [0.29, 0.717) is 29.4 Å². The van der Waals surface area contributed by atoms with Gasteiger partial charge in [0.1, 0.15) is 5.69 Å². The zero-order chi connectivity index (χ0) is 13.8. The molecule has 0 saturated heterocycles. The first-order valence-electron chi connectivity index (χ1n) is 5.95. The predicted octanol–water partition coefficient (Wildman–Crippen LogP) is 0.739. The van der Waals surface area contributed by atoms with Gasteiger partial charge in [0.15, 0.2) is 0 Å². The Labute approximate surface area is 114 Å². The zero-order valence-corrected chi connectivity index (χ0v) is 11.4. The summed E-state index contributed by atoms with van der Waals surface area (Å²) in [6, 6.07) is 0. The molecule has 0 aromatic carbocycles. The smallest absolute Gasteiger partial charge is 0.225 e. The number of hydrogen-bond donors (Lipinski definition) is 2. The standard InChI is InChI=1S/C12H15N3O3S/c1-14-6-7-10-11(17)9(19-4-2-3-13)5-8(16)12(10)18-15-7/h5,14H,2-4,6,13H2,1H3. The number of nitrogens with two attached hydrogens (primary N) is 1. The van der Waals surface area contributed by atoms with Crippen molar-refractivity contribution in [3.8, 4) is 0 Å². The average Bonchev–Trinajstić information content (AvgIpc) is 2.81. The molecule has 0 unspecified atom stereocenters. The Hall–Kier alpha value is -1.44. The summed E-state index contributed by atoms with van der Waals surface area (Å²) in [5.41, 5.74) is 6.17. The maximum Gasteiger partial charge on any atom is 0.225 e. The SMILES string of the molecule is CNCc1noc2c1C(=O)C(SCCCN)=CC2=O. The van der Waals surface area contributed by atoms with Crippen LogP contribution in [-0.4, -0.2) is 36.1 Å². The molecular formula is C12H15N3O3S. The zero-order valence-electron chi connectivity index (χ0n) is 10.6. The molecule has 0 amide bonds. The van der Waals surface area contributed by atoms with E-state index < -0.39 is 0 Å². The highest BCUT2D eigenvalue weighted by molar-refractivity contribution is 8.04. The highest BCUT2D eigenvalue weighted by Crippen LogP contribution is 2.30. The van der Waals surface area contributed by atoms with Crippen molar-refractivity contribution in [2.75, 3.05) is 19.3 Å². The molecule has 0 fully saturated rings. The van der Waals surface area contributed by atoms with E-state index in [1.54, 1.807) is 7.05 Å². The molecule has 0 aliphatic heterocycles. The number of thioether (sulfide) groups is 1. The Morgan fingerprint density at radius 1 is 1.47 bits per heavy atom. The maximum atomic E-state index is 12.3. The van der Waals surface area contributed by atoms with E-state index in [4.69, 9.17) is 10.3 Å². The van der Waals surface area contributed by atoms with E-state index in [1.165, 1.54) is 17.8 Å². The second kappa shape index (κ2) is 6.14. The fraction of sp³-hybridized carbons (Fsp3) is 0.417. The van der Waals surface area contributed by atoms with Crippen molar-refractivity contribution in [2.24, 2.45) is 5.73 Å². The van der Waals surface area contributed by atoms with Gasteiger partial charge in [-0.15, -0.1) is 11.8 Å². The number of rotatable bonds is 6. The average molecular weight is 281 g/mol. The molecule has 0 spiro atoms. The molecule has 102 valence electrons. The van der Waals surface area contributed by atoms with Crippen LogP contribution in [0.1, 0.15) is 33.0 Å². The van der Waals surface area contributed by atoms with E-state index in [-0.39, 0.29) is 22.9 Å². The molecule has 19 heavy (non-hydrogen) atoms. The molecule has 0 radical (unpaired) electrons. The van der Waals surface area contributed by atoms with Crippen molar-refractivity contribution in [3.05, 3.63) is 28.0 Å². The fourth-order valence-corrected chi connectivity index (χ4v) is 2.71. The van der Waals surface area contributed by atoms with Gasteiger partial charge in [0.05, 0.1) is 10.5 Å². The number of allylic oxidation sites excluding steroid dienone is 2. The minimum Gasteiger partial charge on any atom is -0.352 e. The second-order valence-corrected chi connectivity index (χ2v) is 5.19. The van der Waals surface area contributed by atoms with Crippen LogP contribution in [0.3, 0.4) is 0 Å². The van der Waals surface area contributed by atoms with Crippen molar-refractivity contribution >= 4 is 23.3 Å². The number of fused-ring (bicyclic) bond motifs is 1. The van der Waals surface area contributed by atoms with E-state index in [2.05, 4.69) is 10.5 Å². The highest BCUT2D eigenvalue weighted by atomic mass is 32.2. The molecule has 1 aliphatic carbocycles. The number of ketones is 2.